The summed E-state index contributed by atoms with van der Waals surface area (Å²) in [5.74, 6) is 1.73. The molecule has 0 radical (unpaired) electrons. The summed E-state index contributed by atoms with van der Waals surface area (Å²) >= 11 is 0. The number of hydrogen-bond acceptors (Lipinski definition) is 3. The minimum Gasteiger partial charge on any atom is -0.379 e. The molecule has 1 saturated carbocycles. The molecule has 2 aromatic rings. The standard InChI is InChI=1S/C20H28N4O/c1-3-21-20(24(2)12-13-25-15-16-8-9-16)23-14-17-10-11-22-19-7-5-4-6-18(17)19/h4-7,10-11,16H,3,8-9,12-15H2,1-2H3,(H,21,23). The Balaban J connectivity index is 1.61. The van der Waals surface area contributed by atoms with Crippen LogP contribution in [0.15, 0.2) is 41.5 Å². The minimum atomic E-state index is 0.638. The number of benzene rings is 1. The molecule has 0 aliphatic heterocycles. The van der Waals surface area contributed by atoms with Crippen molar-refractivity contribution in [3.8, 4) is 0 Å². The van der Waals surface area contributed by atoms with Crippen molar-refractivity contribution in [1.82, 2.24) is 15.2 Å². The summed E-state index contributed by atoms with van der Waals surface area (Å²) < 4.78 is 5.74. The number of guanidine groups is 1. The van der Waals surface area contributed by atoms with Crippen molar-refractivity contribution in [2.45, 2.75) is 26.3 Å². The monoisotopic (exact) mass is 340 g/mol. The number of nitrogens with zero attached hydrogens (tertiary/aromatic N) is 3. The molecule has 0 unspecified atom stereocenters. The maximum absolute atomic E-state index is 5.74. The molecule has 1 heterocycles. The molecular formula is C20H28N4O. The Bertz CT molecular complexity index is 706. The van der Waals surface area contributed by atoms with Crippen LogP contribution in [0.3, 0.4) is 0 Å². The van der Waals surface area contributed by atoms with Crippen LogP contribution >= 0.6 is 0 Å². The molecule has 0 saturated heterocycles. The fourth-order valence-corrected chi connectivity index (χ4v) is 2.76. The van der Waals surface area contributed by atoms with Crippen LogP contribution in [0.1, 0.15) is 25.3 Å². The van der Waals surface area contributed by atoms with Gasteiger partial charge >= 0.3 is 0 Å². The van der Waals surface area contributed by atoms with Crippen LogP contribution in [0.5, 0.6) is 0 Å². The van der Waals surface area contributed by atoms with Crippen LogP contribution in [-0.2, 0) is 11.3 Å². The summed E-state index contributed by atoms with van der Waals surface area (Å²) in [5, 5.41) is 4.53. The van der Waals surface area contributed by atoms with E-state index < -0.39 is 0 Å². The Morgan fingerprint density at radius 3 is 2.96 bits per heavy atom. The molecule has 1 fully saturated rings. The molecule has 3 rings (SSSR count). The molecule has 0 atom stereocenters. The van der Waals surface area contributed by atoms with Crippen LogP contribution in [0.25, 0.3) is 10.9 Å². The third kappa shape index (κ3) is 5.16. The van der Waals surface area contributed by atoms with E-state index in [4.69, 9.17) is 9.73 Å². The zero-order valence-electron chi connectivity index (χ0n) is 15.2. The van der Waals surface area contributed by atoms with Gasteiger partial charge < -0.3 is 15.0 Å². The first-order valence-corrected chi connectivity index (χ1v) is 9.17. The summed E-state index contributed by atoms with van der Waals surface area (Å²) in [6, 6.07) is 10.3. The average molecular weight is 340 g/mol. The molecule has 1 aromatic carbocycles. The number of hydrogen-bond donors (Lipinski definition) is 1. The number of aromatic nitrogens is 1. The fraction of sp³-hybridized carbons (Fsp3) is 0.500. The van der Waals surface area contributed by atoms with Crippen molar-refractivity contribution in [1.29, 1.82) is 0 Å². The Morgan fingerprint density at radius 2 is 2.16 bits per heavy atom. The molecule has 5 nitrogen and oxygen atoms in total. The minimum absolute atomic E-state index is 0.638. The number of ether oxygens (including phenoxy) is 1. The molecule has 0 bridgehead atoms. The van der Waals surface area contributed by atoms with Crippen molar-refractivity contribution in [2.75, 3.05) is 33.4 Å². The van der Waals surface area contributed by atoms with Gasteiger partial charge in [-0.05, 0) is 43.4 Å². The van der Waals surface area contributed by atoms with Crippen molar-refractivity contribution >= 4 is 16.9 Å². The Hall–Kier alpha value is -2.14. The average Bonchev–Trinajstić information content (AvgIpc) is 3.46. The number of pyridine rings is 1. The first-order chi connectivity index (χ1) is 12.3. The van der Waals surface area contributed by atoms with Gasteiger partial charge in [0.1, 0.15) is 0 Å². The highest BCUT2D eigenvalue weighted by molar-refractivity contribution is 5.83. The molecule has 1 N–H and O–H groups in total. The molecule has 0 spiro atoms. The second-order valence-electron chi connectivity index (χ2n) is 6.60. The summed E-state index contributed by atoms with van der Waals surface area (Å²) in [6.07, 6.45) is 4.52. The first kappa shape index (κ1) is 17.7. The van der Waals surface area contributed by atoms with E-state index in [1.54, 1.807) is 0 Å². The molecule has 1 aliphatic carbocycles. The quantitative estimate of drug-likeness (QED) is 0.456. The molecule has 1 aliphatic rings. The predicted molar refractivity (Wildman–Crippen MR) is 103 cm³/mol. The predicted octanol–water partition coefficient (Wildman–Crippen LogP) is 3.06. The zero-order chi connectivity index (χ0) is 17.5. The third-order valence-corrected chi connectivity index (χ3v) is 4.46. The Labute approximate surface area is 150 Å². The van der Waals surface area contributed by atoms with Crippen molar-refractivity contribution in [3.63, 3.8) is 0 Å². The molecular weight excluding hydrogens is 312 g/mol. The van der Waals surface area contributed by atoms with E-state index in [0.29, 0.717) is 6.54 Å². The second kappa shape index (κ2) is 8.81. The Kier molecular flexibility index (Phi) is 6.23. The molecule has 0 amide bonds. The molecule has 134 valence electrons. The third-order valence-electron chi connectivity index (χ3n) is 4.46. The maximum Gasteiger partial charge on any atom is 0.194 e. The van der Waals surface area contributed by atoms with Crippen LogP contribution in [0.2, 0.25) is 0 Å². The van der Waals surface area contributed by atoms with Gasteiger partial charge in [0.05, 0.1) is 18.7 Å². The topological polar surface area (TPSA) is 49.8 Å². The van der Waals surface area contributed by atoms with Gasteiger partial charge in [0.15, 0.2) is 5.96 Å². The van der Waals surface area contributed by atoms with E-state index in [1.807, 2.05) is 30.5 Å². The van der Waals surface area contributed by atoms with Crippen molar-refractivity contribution < 1.29 is 4.74 Å². The lowest BCUT2D eigenvalue weighted by Gasteiger charge is -2.22. The van der Waals surface area contributed by atoms with E-state index in [9.17, 15) is 0 Å². The lowest BCUT2D eigenvalue weighted by Crippen LogP contribution is -2.40. The lowest BCUT2D eigenvalue weighted by molar-refractivity contribution is 0.115. The highest BCUT2D eigenvalue weighted by Crippen LogP contribution is 2.28. The van der Waals surface area contributed by atoms with Gasteiger partial charge in [0.25, 0.3) is 0 Å². The van der Waals surface area contributed by atoms with E-state index >= 15 is 0 Å². The van der Waals surface area contributed by atoms with Gasteiger partial charge in [-0.1, -0.05) is 18.2 Å². The lowest BCUT2D eigenvalue weighted by atomic mass is 10.1. The van der Waals surface area contributed by atoms with Gasteiger partial charge in [-0.15, -0.1) is 0 Å². The first-order valence-electron chi connectivity index (χ1n) is 9.17. The number of rotatable bonds is 8. The van der Waals surface area contributed by atoms with E-state index in [0.717, 1.165) is 43.7 Å². The van der Waals surface area contributed by atoms with Crippen molar-refractivity contribution in [2.24, 2.45) is 10.9 Å². The summed E-state index contributed by atoms with van der Waals surface area (Å²) in [5.41, 5.74) is 2.21. The number of fused-ring (bicyclic) bond motifs is 1. The van der Waals surface area contributed by atoms with Gasteiger partial charge in [-0.3, -0.25) is 4.98 Å². The smallest absolute Gasteiger partial charge is 0.194 e. The Morgan fingerprint density at radius 1 is 1.32 bits per heavy atom. The van der Waals surface area contributed by atoms with Gasteiger partial charge in [0, 0.05) is 38.3 Å². The van der Waals surface area contributed by atoms with Crippen LogP contribution in [-0.4, -0.2) is 49.2 Å². The SMILES string of the molecule is CCNC(=NCc1ccnc2ccccc12)N(C)CCOCC1CC1. The van der Waals surface area contributed by atoms with Crippen LogP contribution < -0.4 is 5.32 Å². The number of nitrogens with one attached hydrogen (secondary N) is 1. The maximum atomic E-state index is 5.74. The number of aliphatic imine (C=N–C) groups is 1. The molecule has 5 heteroatoms. The highest BCUT2D eigenvalue weighted by atomic mass is 16.5. The van der Waals surface area contributed by atoms with E-state index in [2.05, 4.69) is 35.2 Å². The molecule has 25 heavy (non-hydrogen) atoms. The summed E-state index contributed by atoms with van der Waals surface area (Å²) in [4.78, 5) is 11.4. The summed E-state index contributed by atoms with van der Waals surface area (Å²) in [6.45, 7) is 6.08. The summed E-state index contributed by atoms with van der Waals surface area (Å²) in [7, 11) is 2.06. The van der Waals surface area contributed by atoms with Gasteiger partial charge in [-0.25, -0.2) is 4.99 Å². The van der Waals surface area contributed by atoms with E-state index in [1.165, 1.54) is 23.8 Å². The fourth-order valence-electron chi connectivity index (χ4n) is 2.76. The number of likely N-dealkylation sites (N-methyl/N-ethyl adjacent to an activating group) is 1. The van der Waals surface area contributed by atoms with Crippen molar-refractivity contribution in [3.05, 3.63) is 42.1 Å². The second-order valence-corrected chi connectivity index (χ2v) is 6.60. The van der Waals surface area contributed by atoms with Crippen LogP contribution in [0, 0.1) is 5.92 Å². The molecule has 1 aromatic heterocycles. The normalized spacial score (nSPS) is 14.7. The van der Waals surface area contributed by atoms with Gasteiger partial charge in [-0.2, -0.15) is 0 Å². The van der Waals surface area contributed by atoms with Crippen LogP contribution in [0.4, 0.5) is 0 Å². The van der Waals surface area contributed by atoms with E-state index in [-0.39, 0.29) is 0 Å². The number of para-hydroxylation sites is 1. The zero-order valence-corrected chi connectivity index (χ0v) is 15.2. The highest BCUT2D eigenvalue weighted by Gasteiger charge is 2.21. The van der Waals surface area contributed by atoms with Gasteiger partial charge in [0.2, 0.25) is 0 Å². The largest absolute Gasteiger partial charge is 0.379 e.